The smallest absolute Gasteiger partial charge is 0.345 e. The lowest BCUT2D eigenvalue weighted by molar-refractivity contribution is 0.0603. The Labute approximate surface area is 125 Å². The van der Waals surface area contributed by atoms with E-state index < -0.39 is 5.97 Å². The number of nitrogens with zero attached hydrogens (tertiary/aromatic N) is 2. The molecule has 106 valence electrons. The van der Waals surface area contributed by atoms with Crippen LogP contribution in [0.15, 0.2) is 28.7 Å². The molecule has 0 fully saturated rings. The number of rotatable bonds is 4. The lowest BCUT2D eigenvalue weighted by atomic mass is 10.2. The molecule has 0 aliphatic rings. The average Bonchev–Trinajstić information content (AvgIpc) is 2.77. The molecule has 20 heavy (non-hydrogen) atoms. The van der Waals surface area contributed by atoms with Crippen molar-refractivity contribution in [3.05, 3.63) is 39.9 Å². The molecule has 0 atom stereocenters. The highest BCUT2D eigenvalue weighted by Crippen LogP contribution is 2.25. The first-order chi connectivity index (χ1) is 9.58. The van der Waals surface area contributed by atoms with Gasteiger partial charge in [0.2, 0.25) is 0 Å². The van der Waals surface area contributed by atoms with Crippen LogP contribution in [-0.2, 0) is 11.3 Å². The van der Waals surface area contributed by atoms with Gasteiger partial charge in [-0.15, -0.1) is 0 Å². The van der Waals surface area contributed by atoms with E-state index in [1.165, 1.54) is 7.11 Å². The van der Waals surface area contributed by atoms with Gasteiger partial charge in [-0.05, 0) is 11.6 Å². The maximum Gasteiger partial charge on any atom is 0.345 e. The molecule has 0 radical (unpaired) electrons. The number of benzene rings is 1. The van der Waals surface area contributed by atoms with Gasteiger partial charge < -0.3 is 15.8 Å². The summed E-state index contributed by atoms with van der Waals surface area (Å²) in [5.74, 6) is 0.170. The number of ether oxygens (including phenoxy) is 1. The van der Waals surface area contributed by atoms with Crippen LogP contribution in [0.5, 0.6) is 0 Å². The summed E-state index contributed by atoms with van der Waals surface area (Å²) in [7, 11) is 2.99. The van der Waals surface area contributed by atoms with Crippen LogP contribution in [0.1, 0.15) is 15.9 Å². The van der Waals surface area contributed by atoms with Gasteiger partial charge in [0.1, 0.15) is 11.4 Å². The molecule has 2 rings (SSSR count). The molecule has 1 aromatic heterocycles. The van der Waals surface area contributed by atoms with Crippen LogP contribution < -0.4 is 11.1 Å². The SMILES string of the molecule is CNc1nn(Cc2ccccc2Br)c(N)c1C(=O)OC. The van der Waals surface area contributed by atoms with Gasteiger partial charge in [0.15, 0.2) is 5.82 Å². The van der Waals surface area contributed by atoms with Crippen LogP contribution in [0, 0.1) is 0 Å². The Kier molecular flexibility index (Phi) is 4.29. The normalized spacial score (nSPS) is 10.3. The number of carbonyl (C=O) groups excluding carboxylic acids is 1. The summed E-state index contributed by atoms with van der Waals surface area (Å²) in [5, 5.41) is 7.14. The molecule has 0 aliphatic heterocycles. The lowest BCUT2D eigenvalue weighted by Gasteiger charge is -2.06. The largest absolute Gasteiger partial charge is 0.465 e. The maximum absolute atomic E-state index is 11.7. The number of hydrogen-bond donors (Lipinski definition) is 2. The third-order valence-corrected chi connectivity index (χ3v) is 3.67. The third-order valence-electron chi connectivity index (χ3n) is 2.90. The number of methoxy groups -OCH3 is 1. The minimum Gasteiger partial charge on any atom is -0.465 e. The molecule has 0 amide bonds. The fraction of sp³-hybridized carbons (Fsp3) is 0.231. The van der Waals surface area contributed by atoms with Crippen molar-refractivity contribution >= 4 is 33.5 Å². The van der Waals surface area contributed by atoms with Gasteiger partial charge in [0, 0.05) is 11.5 Å². The van der Waals surface area contributed by atoms with Crippen LogP contribution in [0.4, 0.5) is 11.6 Å². The molecule has 0 spiro atoms. The highest BCUT2D eigenvalue weighted by atomic mass is 79.9. The second-order valence-electron chi connectivity index (χ2n) is 4.10. The Bertz CT molecular complexity index is 639. The molecular weight excluding hydrogens is 324 g/mol. The number of hydrogen-bond acceptors (Lipinski definition) is 5. The molecule has 7 heteroatoms. The summed E-state index contributed by atoms with van der Waals surface area (Å²) in [6, 6.07) is 7.76. The van der Waals surface area contributed by atoms with Crippen molar-refractivity contribution in [2.45, 2.75) is 6.54 Å². The Morgan fingerprint density at radius 1 is 1.50 bits per heavy atom. The number of carbonyl (C=O) groups is 1. The summed E-state index contributed by atoms with van der Waals surface area (Å²) < 4.78 is 7.25. The van der Waals surface area contributed by atoms with Crippen LogP contribution in [0.25, 0.3) is 0 Å². The fourth-order valence-corrected chi connectivity index (χ4v) is 2.27. The first kappa shape index (κ1) is 14.4. The van der Waals surface area contributed by atoms with Crippen LogP contribution in [0.3, 0.4) is 0 Å². The van der Waals surface area contributed by atoms with Gasteiger partial charge in [-0.3, -0.25) is 0 Å². The molecule has 0 aliphatic carbocycles. The Morgan fingerprint density at radius 2 is 2.20 bits per heavy atom. The van der Waals surface area contributed by atoms with E-state index in [2.05, 4.69) is 26.3 Å². The predicted octanol–water partition coefficient (Wildman–Crippen LogP) is 2.10. The van der Waals surface area contributed by atoms with Gasteiger partial charge in [-0.25, -0.2) is 9.48 Å². The summed E-state index contributed by atoms with van der Waals surface area (Å²) in [5.41, 5.74) is 7.26. The minimum atomic E-state index is -0.509. The number of nitrogens with two attached hydrogens (primary N) is 1. The molecule has 2 aromatic rings. The Hall–Kier alpha value is -2.02. The number of nitrogen functional groups attached to an aromatic ring is 1. The molecule has 0 saturated heterocycles. The van der Waals surface area contributed by atoms with Gasteiger partial charge in [-0.1, -0.05) is 34.1 Å². The quantitative estimate of drug-likeness (QED) is 0.834. The number of anilines is 2. The second kappa shape index (κ2) is 5.96. The monoisotopic (exact) mass is 338 g/mol. The lowest BCUT2D eigenvalue weighted by Crippen LogP contribution is -2.10. The van der Waals surface area contributed by atoms with Crippen LogP contribution in [-0.4, -0.2) is 29.9 Å². The van der Waals surface area contributed by atoms with E-state index in [-0.39, 0.29) is 11.4 Å². The molecule has 1 aromatic carbocycles. The summed E-state index contributed by atoms with van der Waals surface area (Å²) in [4.78, 5) is 11.7. The van der Waals surface area contributed by atoms with Crippen LogP contribution >= 0.6 is 15.9 Å². The summed E-state index contributed by atoms with van der Waals surface area (Å²) in [6.45, 7) is 0.457. The standard InChI is InChI=1S/C13H15BrN4O2/c1-16-12-10(13(19)20-2)11(15)18(17-12)7-8-5-3-4-6-9(8)14/h3-6H,7,15H2,1-2H3,(H,16,17). The van der Waals surface area contributed by atoms with E-state index in [1.54, 1.807) is 11.7 Å². The van der Waals surface area contributed by atoms with Gasteiger partial charge in [-0.2, -0.15) is 5.10 Å². The Morgan fingerprint density at radius 3 is 2.80 bits per heavy atom. The number of halogens is 1. The van der Waals surface area contributed by atoms with Gasteiger partial charge >= 0.3 is 5.97 Å². The van der Waals surface area contributed by atoms with E-state index in [0.717, 1.165) is 10.0 Å². The van der Waals surface area contributed by atoms with Crippen molar-refractivity contribution in [2.24, 2.45) is 0 Å². The van der Waals surface area contributed by atoms with E-state index in [4.69, 9.17) is 10.5 Å². The van der Waals surface area contributed by atoms with E-state index in [1.807, 2.05) is 24.3 Å². The van der Waals surface area contributed by atoms with Crippen molar-refractivity contribution in [1.82, 2.24) is 9.78 Å². The van der Waals surface area contributed by atoms with Crippen molar-refractivity contribution in [1.29, 1.82) is 0 Å². The van der Waals surface area contributed by atoms with E-state index in [9.17, 15) is 4.79 Å². The zero-order valence-corrected chi connectivity index (χ0v) is 12.8. The predicted molar refractivity (Wildman–Crippen MR) is 80.8 cm³/mol. The molecule has 0 unspecified atom stereocenters. The highest BCUT2D eigenvalue weighted by Gasteiger charge is 2.22. The van der Waals surface area contributed by atoms with Crippen molar-refractivity contribution in [3.8, 4) is 0 Å². The molecule has 0 saturated carbocycles. The van der Waals surface area contributed by atoms with Crippen LogP contribution in [0.2, 0.25) is 0 Å². The highest BCUT2D eigenvalue weighted by molar-refractivity contribution is 9.10. The fourth-order valence-electron chi connectivity index (χ4n) is 1.86. The van der Waals surface area contributed by atoms with Gasteiger partial charge in [0.25, 0.3) is 0 Å². The van der Waals surface area contributed by atoms with E-state index in [0.29, 0.717) is 12.4 Å². The number of esters is 1. The zero-order valence-electron chi connectivity index (χ0n) is 11.2. The molecule has 3 N–H and O–H groups in total. The molecule has 6 nitrogen and oxygen atoms in total. The zero-order chi connectivity index (χ0) is 14.7. The average molecular weight is 339 g/mol. The first-order valence-corrected chi connectivity index (χ1v) is 6.73. The topological polar surface area (TPSA) is 82.2 Å². The maximum atomic E-state index is 11.7. The molecule has 0 bridgehead atoms. The van der Waals surface area contributed by atoms with Gasteiger partial charge in [0.05, 0.1) is 13.7 Å². The van der Waals surface area contributed by atoms with Crippen molar-refractivity contribution in [3.63, 3.8) is 0 Å². The second-order valence-corrected chi connectivity index (χ2v) is 4.95. The number of aromatic nitrogens is 2. The number of nitrogens with one attached hydrogen (secondary N) is 1. The summed E-state index contributed by atoms with van der Waals surface area (Å²) in [6.07, 6.45) is 0. The Balaban J connectivity index is 2.41. The van der Waals surface area contributed by atoms with Crippen molar-refractivity contribution in [2.75, 3.05) is 25.2 Å². The third kappa shape index (κ3) is 2.62. The van der Waals surface area contributed by atoms with Crippen molar-refractivity contribution < 1.29 is 9.53 Å². The molecule has 1 heterocycles. The summed E-state index contributed by atoms with van der Waals surface area (Å²) >= 11 is 3.47. The minimum absolute atomic E-state index is 0.252. The first-order valence-electron chi connectivity index (χ1n) is 5.94. The molecular formula is C13H15BrN4O2. The van der Waals surface area contributed by atoms with E-state index >= 15 is 0 Å².